The first-order valence-corrected chi connectivity index (χ1v) is 8.27. The number of nitrogens with zero attached hydrogens (tertiary/aromatic N) is 1. The third kappa shape index (κ3) is 3.04. The van der Waals surface area contributed by atoms with E-state index in [0.29, 0.717) is 6.54 Å². The average Bonchev–Trinajstić information content (AvgIpc) is 2.81. The van der Waals surface area contributed by atoms with Gasteiger partial charge in [-0.1, -0.05) is 40.2 Å². The summed E-state index contributed by atoms with van der Waals surface area (Å²) in [5.41, 5.74) is 2.90. The molecule has 1 atom stereocenters. The molecule has 0 aromatic heterocycles. The van der Waals surface area contributed by atoms with E-state index in [1.165, 1.54) is 0 Å². The normalized spacial score (nSPS) is 16.3. The van der Waals surface area contributed by atoms with Crippen molar-refractivity contribution in [3.63, 3.8) is 0 Å². The van der Waals surface area contributed by atoms with Gasteiger partial charge in [-0.15, -0.1) is 6.58 Å². The number of benzene rings is 2. The van der Waals surface area contributed by atoms with E-state index in [1.54, 1.807) is 7.11 Å². The fourth-order valence-corrected chi connectivity index (χ4v) is 3.39. The molecular weight excluding hydrogens is 354 g/mol. The van der Waals surface area contributed by atoms with Crippen LogP contribution in [-0.2, 0) is 6.54 Å². The van der Waals surface area contributed by atoms with Crippen molar-refractivity contribution in [2.24, 2.45) is 0 Å². The molecule has 23 heavy (non-hydrogen) atoms. The Kier molecular flexibility index (Phi) is 4.53. The molecular formula is C19H18BrNO2. The summed E-state index contributed by atoms with van der Waals surface area (Å²) in [4.78, 5) is 14.7. The van der Waals surface area contributed by atoms with Crippen LogP contribution in [-0.4, -0.2) is 17.9 Å². The summed E-state index contributed by atoms with van der Waals surface area (Å²) < 4.78 is 6.19. The number of ether oxygens (including phenoxy) is 1. The molecule has 2 aromatic rings. The zero-order valence-corrected chi connectivity index (χ0v) is 14.5. The van der Waals surface area contributed by atoms with Crippen LogP contribution in [0.4, 0.5) is 0 Å². The lowest BCUT2D eigenvalue weighted by atomic mass is 10.0. The van der Waals surface area contributed by atoms with Gasteiger partial charge in [-0.2, -0.15) is 0 Å². The van der Waals surface area contributed by atoms with Gasteiger partial charge in [0.1, 0.15) is 5.75 Å². The van der Waals surface area contributed by atoms with E-state index in [1.807, 2.05) is 53.4 Å². The SMILES string of the molecule is C=CCC1c2ccc(Br)cc2C(=O)N1Cc1cccc(OC)c1. The van der Waals surface area contributed by atoms with Gasteiger partial charge in [0, 0.05) is 16.6 Å². The van der Waals surface area contributed by atoms with E-state index in [9.17, 15) is 4.79 Å². The van der Waals surface area contributed by atoms with Gasteiger partial charge in [-0.3, -0.25) is 4.79 Å². The second-order valence-electron chi connectivity index (χ2n) is 5.56. The number of rotatable bonds is 5. The average molecular weight is 372 g/mol. The van der Waals surface area contributed by atoms with E-state index in [-0.39, 0.29) is 11.9 Å². The van der Waals surface area contributed by atoms with Crippen molar-refractivity contribution in [3.05, 3.63) is 76.3 Å². The minimum Gasteiger partial charge on any atom is -0.497 e. The fourth-order valence-electron chi connectivity index (χ4n) is 3.03. The maximum absolute atomic E-state index is 12.8. The van der Waals surface area contributed by atoms with Crippen LogP contribution in [0.25, 0.3) is 0 Å². The second-order valence-corrected chi connectivity index (χ2v) is 6.47. The van der Waals surface area contributed by atoms with Crippen LogP contribution in [0.2, 0.25) is 0 Å². The quantitative estimate of drug-likeness (QED) is 0.710. The summed E-state index contributed by atoms with van der Waals surface area (Å²) in [5, 5.41) is 0. The molecule has 1 aliphatic heterocycles. The van der Waals surface area contributed by atoms with E-state index in [0.717, 1.165) is 33.3 Å². The van der Waals surface area contributed by atoms with Gasteiger partial charge in [-0.05, 0) is 41.8 Å². The number of carbonyl (C=O) groups is 1. The fraction of sp³-hybridized carbons (Fsp3) is 0.211. The van der Waals surface area contributed by atoms with Crippen LogP contribution in [0.3, 0.4) is 0 Å². The first-order valence-electron chi connectivity index (χ1n) is 7.48. The zero-order chi connectivity index (χ0) is 16.4. The van der Waals surface area contributed by atoms with Crippen molar-refractivity contribution in [1.29, 1.82) is 0 Å². The molecule has 3 rings (SSSR count). The van der Waals surface area contributed by atoms with Crippen LogP contribution in [0.15, 0.2) is 59.6 Å². The Balaban J connectivity index is 1.94. The lowest BCUT2D eigenvalue weighted by Gasteiger charge is -2.24. The van der Waals surface area contributed by atoms with E-state index in [2.05, 4.69) is 22.5 Å². The molecule has 4 heteroatoms. The Morgan fingerprint density at radius 2 is 2.13 bits per heavy atom. The largest absolute Gasteiger partial charge is 0.497 e. The summed E-state index contributed by atoms with van der Waals surface area (Å²) >= 11 is 3.45. The van der Waals surface area contributed by atoms with Crippen molar-refractivity contribution >= 4 is 21.8 Å². The van der Waals surface area contributed by atoms with Gasteiger partial charge in [0.2, 0.25) is 0 Å². The minimum absolute atomic E-state index is 0.0364. The Labute approximate surface area is 144 Å². The predicted octanol–water partition coefficient (Wildman–Crippen LogP) is 4.73. The Morgan fingerprint density at radius 1 is 1.30 bits per heavy atom. The summed E-state index contributed by atoms with van der Waals surface area (Å²) in [6.45, 7) is 4.40. The molecule has 0 saturated carbocycles. The molecule has 1 unspecified atom stereocenters. The Hall–Kier alpha value is -2.07. The van der Waals surface area contributed by atoms with Crippen molar-refractivity contribution in [1.82, 2.24) is 4.90 Å². The highest BCUT2D eigenvalue weighted by Crippen LogP contribution is 2.38. The van der Waals surface area contributed by atoms with Gasteiger partial charge >= 0.3 is 0 Å². The molecule has 0 spiro atoms. The topological polar surface area (TPSA) is 29.5 Å². The number of halogens is 1. The Morgan fingerprint density at radius 3 is 2.87 bits per heavy atom. The highest BCUT2D eigenvalue weighted by Gasteiger charge is 2.35. The zero-order valence-electron chi connectivity index (χ0n) is 13.0. The molecule has 0 bridgehead atoms. The molecule has 0 fully saturated rings. The first-order chi connectivity index (χ1) is 11.1. The summed E-state index contributed by atoms with van der Waals surface area (Å²) in [5.74, 6) is 0.866. The highest BCUT2D eigenvalue weighted by molar-refractivity contribution is 9.10. The molecule has 0 N–H and O–H groups in total. The predicted molar refractivity (Wildman–Crippen MR) is 94.6 cm³/mol. The van der Waals surface area contributed by atoms with Crippen LogP contribution in [0.1, 0.15) is 33.9 Å². The molecule has 0 saturated heterocycles. The van der Waals surface area contributed by atoms with E-state index >= 15 is 0 Å². The smallest absolute Gasteiger partial charge is 0.255 e. The minimum atomic E-state index is 0.0364. The van der Waals surface area contributed by atoms with Gasteiger partial charge in [0.05, 0.1) is 13.2 Å². The van der Waals surface area contributed by atoms with Crippen molar-refractivity contribution in [3.8, 4) is 5.75 Å². The van der Waals surface area contributed by atoms with Gasteiger partial charge in [0.25, 0.3) is 5.91 Å². The monoisotopic (exact) mass is 371 g/mol. The molecule has 1 amide bonds. The molecule has 2 aromatic carbocycles. The summed E-state index contributed by atoms with van der Waals surface area (Å²) in [7, 11) is 1.65. The lowest BCUT2D eigenvalue weighted by molar-refractivity contribution is 0.0711. The molecule has 1 heterocycles. The molecule has 1 aliphatic rings. The van der Waals surface area contributed by atoms with E-state index < -0.39 is 0 Å². The van der Waals surface area contributed by atoms with E-state index in [4.69, 9.17) is 4.74 Å². The Bertz CT molecular complexity index is 757. The molecule has 0 radical (unpaired) electrons. The molecule has 0 aliphatic carbocycles. The number of fused-ring (bicyclic) bond motifs is 1. The number of hydrogen-bond donors (Lipinski definition) is 0. The first kappa shape index (κ1) is 15.8. The van der Waals surface area contributed by atoms with Crippen LogP contribution < -0.4 is 4.74 Å². The number of carbonyl (C=O) groups excluding carboxylic acids is 1. The number of hydrogen-bond acceptors (Lipinski definition) is 2. The molecule has 118 valence electrons. The summed E-state index contributed by atoms with van der Waals surface area (Å²) in [6, 6.07) is 13.8. The van der Waals surface area contributed by atoms with Crippen LogP contribution in [0, 0.1) is 0 Å². The molecule has 3 nitrogen and oxygen atoms in total. The number of methoxy groups -OCH3 is 1. The van der Waals surface area contributed by atoms with Crippen LogP contribution >= 0.6 is 15.9 Å². The van der Waals surface area contributed by atoms with Gasteiger partial charge in [-0.25, -0.2) is 0 Å². The number of amides is 1. The third-order valence-electron chi connectivity index (χ3n) is 4.12. The third-order valence-corrected chi connectivity index (χ3v) is 4.61. The second kappa shape index (κ2) is 6.59. The summed E-state index contributed by atoms with van der Waals surface area (Å²) in [6.07, 6.45) is 2.61. The lowest BCUT2D eigenvalue weighted by Crippen LogP contribution is -2.27. The standard InChI is InChI=1S/C19H18BrNO2/c1-3-5-18-16-9-8-14(20)11-17(16)19(22)21(18)12-13-6-4-7-15(10-13)23-2/h3-4,6-11,18H,1,5,12H2,2H3. The maximum atomic E-state index is 12.8. The van der Waals surface area contributed by atoms with Crippen molar-refractivity contribution < 1.29 is 9.53 Å². The van der Waals surface area contributed by atoms with Crippen molar-refractivity contribution in [2.45, 2.75) is 19.0 Å². The van der Waals surface area contributed by atoms with Crippen LogP contribution in [0.5, 0.6) is 5.75 Å². The maximum Gasteiger partial charge on any atom is 0.255 e. The van der Waals surface area contributed by atoms with Gasteiger partial charge in [0.15, 0.2) is 0 Å². The highest BCUT2D eigenvalue weighted by atomic mass is 79.9. The van der Waals surface area contributed by atoms with Gasteiger partial charge < -0.3 is 9.64 Å². The van der Waals surface area contributed by atoms with Crippen molar-refractivity contribution in [2.75, 3.05) is 7.11 Å².